The third-order valence-corrected chi connectivity index (χ3v) is 6.07. The molecule has 2 heterocycles. The molecule has 29 heavy (non-hydrogen) atoms. The number of ether oxygens (including phenoxy) is 3. The number of nitrogens with zero attached hydrogens (tertiary/aromatic N) is 1. The molecule has 6 nitrogen and oxygen atoms in total. The summed E-state index contributed by atoms with van der Waals surface area (Å²) in [5, 5.41) is 3.19. The van der Waals surface area contributed by atoms with E-state index < -0.39 is 0 Å². The van der Waals surface area contributed by atoms with E-state index in [0.29, 0.717) is 44.6 Å². The summed E-state index contributed by atoms with van der Waals surface area (Å²) in [6, 6.07) is 6.38. The van der Waals surface area contributed by atoms with Crippen molar-refractivity contribution in [3.05, 3.63) is 23.8 Å². The molecule has 2 aliphatic heterocycles. The van der Waals surface area contributed by atoms with Gasteiger partial charge in [-0.2, -0.15) is 0 Å². The molecule has 1 unspecified atom stereocenters. The zero-order valence-corrected chi connectivity index (χ0v) is 18.0. The van der Waals surface area contributed by atoms with E-state index in [1.807, 2.05) is 18.2 Å². The molecule has 1 aromatic rings. The molecule has 3 rings (SSSR count). The van der Waals surface area contributed by atoms with Gasteiger partial charge < -0.3 is 19.5 Å². The highest BCUT2D eigenvalue weighted by Gasteiger charge is 2.27. The maximum Gasteiger partial charge on any atom is 0.220 e. The number of rotatable bonds is 9. The number of aryl methyl sites for hydroxylation is 1. The minimum Gasteiger partial charge on any atom is -0.490 e. The summed E-state index contributed by atoms with van der Waals surface area (Å²) in [7, 11) is 0. The maximum absolute atomic E-state index is 12.5. The van der Waals surface area contributed by atoms with Crippen LogP contribution in [-0.2, 0) is 16.0 Å². The van der Waals surface area contributed by atoms with Crippen molar-refractivity contribution in [1.82, 2.24) is 10.2 Å². The quantitative estimate of drug-likeness (QED) is 0.686. The summed E-state index contributed by atoms with van der Waals surface area (Å²) >= 11 is 0. The molecule has 0 spiro atoms. The number of fused-ring (bicyclic) bond motifs is 1. The smallest absolute Gasteiger partial charge is 0.220 e. The lowest BCUT2D eigenvalue weighted by atomic mass is 9.92. The van der Waals surface area contributed by atoms with Gasteiger partial charge in [-0.25, -0.2) is 0 Å². The van der Waals surface area contributed by atoms with Gasteiger partial charge in [-0.3, -0.25) is 9.69 Å². The molecular weight excluding hydrogens is 368 g/mol. The fourth-order valence-corrected chi connectivity index (χ4v) is 4.26. The first kappa shape index (κ1) is 21.9. The molecule has 0 radical (unpaired) electrons. The molecule has 1 fully saturated rings. The minimum atomic E-state index is 0.112. The Hall–Kier alpha value is -1.79. The normalized spacial score (nSPS) is 18.3. The van der Waals surface area contributed by atoms with Crippen molar-refractivity contribution in [3.8, 4) is 11.5 Å². The van der Waals surface area contributed by atoms with Crippen LogP contribution < -0.4 is 14.8 Å². The highest BCUT2D eigenvalue weighted by atomic mass is 16.5. The summed E-state index contributed by atoms with van der Waals surface area (Å²) in [6.45, 7) is 10.0. The van der Waals surface area contributed by atoms with E-state index in [2.05, 4.69) is 24.1 Å². The van der Waals surface area contributed by atoms with E-state index in [0.717, 1.165) is 62.6 Å². The Labute approximate surface area is 174 Å². The standard InChI is InChI=1S/C23H36N2O4/c1-3-19(4-2)20(25-10-14-27-15-11-25)17-24-23(26)9-7-18-6-8-21-22(16-18)29-13-5-12-28-21/h6,8,16,19-20H,3-5,7,9-15,17H2,1-2H3,(H,24,26). The van der Waals surface area contributed by atoms with Gasteiger partial charge in [-0.15, -0.1) is 0 Å². The van der Waals surface area contributed by atoms with Gasteiger partial charge in [0.15, 0.2) is 11.5 Å². The second-order valence-electron chi connectivity index (χ2n) is 7.93. The zero-order valence-electron chi connectivity index (χ0n) is 18.0. The number of nitrogens with one attached hydrogen (secondary N) is 1. The zero-order chi connectivity index (χ0) is 20.5. The molecule has 0 aliphatic carbocycles. The Bertz CT molecular complexity index is 642. The van der Waals surface area contributed by atoms with Gasteiger partial charge in [0.2, 0.25) is 5.91 Å². The Balaban J connectivity index is 1.50. The number of benzene rings is 1. The molecule has 6 heteroatoms. The first-order chi connectivity index (χ1) is 14.2. The lowest BCUT2D eigenvalue weighted by Gasteiger charge is -2.38. The van der Waals surface area contributed by atoms with Crippen molar-refractivity contribution in [2.75, 3.05) is 46.1 Å². The fraction of sp³-hybridized carbons (Fsp3) is 0.696. The van der Waals surface area contributed by atoms with Crippen LogP contribution in [0.25, 0.3) is 0 Å². The Morgan fingerprint density at radius 1 is 1.07 bits per heavy atom. The Morgan fingerprint density at radius 3 is 2.52 bits per heavy atom. The van der Waals surface area contributed by atoms with E-state index in [1.165, 1.54) is 0 Å². The number of carbonyl (C=O) groups is 1. The topological polar surface area (TPSA) is 60.0 Å². The van der Waals surface area contributed by atoms with E-state index >= 15 is 0 Å². The summed E-state index contributed by atoms with van der Waals surface area (Å²) in [4.78, 5) is 15.0. The molecule has 1 N–H and O–H groups in total. The number of amides is 1. The molecule has 1 amide bonds. The molecule has 162 valence electrons. The van der Waals surface area contributed by atoms with Crippen LogP contribution in [0, 0.1) is 5.92 Å². The lowest BCUT2D eigenvalue weighted by molar-refractivity contribution is -0.121. The predicted octanol–water partition coefficient (Wildman–Crippen LogP) is 3.03. The van der Waals surface area contributed by atoms with Crippen LogP contribution in [0.15, 0.2) is 18.2 Å². The van der Waals surface area contributed by atoms with Crippen LogP contribution in [0.2, 0.25) is 0 Å². The molecule has 2 aliphatic rings. The van der Waals surface area contributed by atoms with Crippen molar-refractivity contribution < 1.29 is 19.0 Å². The molecule has 0 aromatic heterocycles. The summed E-state index contributed by atoms with van der Waals surface area (Å²) in [6.07, 6.45) is 4.35. The third kappa shape index (κ3) is 6.34. The SMILES string of the molecule is CCC(CC)C(CNC(=O)CCc1ccc2c(c1)OCCCO2)N1CCOCC1. The number of hydrogen-bond donors (Lipinski definition) is 1. The first-order valence-electron chi connectivity index (χ1n) is 11.2. The fourth-order valence-electron chi connectivity index (χ4n) is 4.26. The summed E-state index contributed by atoms with van der Waals surface area (Å²) in [5.74, 6) is 2.30. The van der Waals surface area contributed by atoms with Crippen molar-refractivity contribution in [1.29, 1.82) is 0 Å². The number of morpholine rings is 1. The van der Waals surface area contributed by atoms with Crippen LogP contribution in [0.4, 0.5) is 0 Å². The van der Waals surface area contributed by atoms with E-state index in [-0.39, 0.29) is 5.91 Å². The largest absolute Gasteiger partial charge is 0.490 e. The lowest BCUT2D eigenvalue weighted by Crippen LogP contribution is -2.52. The van der Waals surface area contributed by atoms with Gasteiger partial charge in [-0.05, 0) is 30.0 Å². The third-order valence-electron chi connectivity index (χ3n) is 6.07. The minimum absolute atomic E-state index is 0.112. The van der Waals surface area contributed by atoms with Gasteiger partial charge in [0.25, 0.3) is 0 Å². The molecule has 0 bridgehead atoms. The van der Waals surface area contributed by atoms with Crippen LogP contribution >= 0.6 is 0 Å². The van der Waals surface area contributed by atoms with Crippen LogP contribution in [0.3, 0.4) is 0 Å². The average Bonchev–Trinajstić information content (AvgIpc) is 3.00. The van der Waals surface area contributed by atoms with Crippen molar-refractivity contribution >= 4 is 5.91 Å². The van der Waals surface area contributed by atoms with Gasteiger partial charge >= 0.3 is 0 Å². The summed E-state index contributed by atoms with van der Waals surface area (Å²) in [5.41, 5.74) is 1.11. The number of carbonyl (C=O) groups excluding carboxylic acids is 1. The van der Waals surface area contributed by atoms with Gasteiger partial charge in [0, 0.05) is 38.5 Å². The first-order valence-corrected chi connectivity index (χ1v) is 11.2. The van der Waals surface area contributed by atoms with Crippen LogP contribution in [0.5, 0.6) is 11.5 Å². The van der Waals surface area contributed by atoms with Gasteiger partial charge in [0.05, 0.1) is 26.4 Å². The van der Waals surface area contributed by atoms with Gasteiger partial charge in [0.1, 0.15) is 0 Å². The highest BCUT2D eigenvalue weighted by molar-refractivity contribution is 5.76. The second-order valence-corrected chi connectivity index (χ2v) is 7.93. The molecule has 1 aromatic carbocycles. The van der Waals surface area contributed by atoms with E-state index in [4.69, 9.17) is 14.2 Å². The average molecular weight is 405 g/mol. The van der Waals surface area contributed by atoms with Crippen molar-refractivity contribution in [2.45, 2.75) is 52.0 Å². The second kappa shape index (κ2) is 11.4. The van der Waals surface area contributed by atoms with Gasteiger partial charge in [-0.1, -0.05) is 32.8 Å². The van der Waals surface area contributed by atoms with Crippen molar-refractivity contribution in [3.63, 3.8) is 0 Å². The highest BCUT2D eigenvalue weighted by Crippen LogP contribution is 2.30. The maximum atomic E-state index is 12.5. The van der Waals surface area contributed by atoms with E-state index in [1.54, 1.807) is 0 Å². The molecular formula is C23H36N2O4. The van der Waals surface area contributed by atoms with Crippen molar-refractivity contribution in [2.24, 2.45) is 5.92 Å². The Morgan fingerprint density at radius 2 is 1.79 bits per heavy atom. The number of hydrogen-bond acceptors (Lipinski definition) is 5. The monoisotopic (exact) mass is 404 g/mol. The molecule has 1 atom stereocenters. The predicted molar refractivity (Wildman–Crippen MR) is 114 cm³/mol. The van der Waals surface area contributed by atoms with E-state index in [9.17, 15) is 4.79 Å². The summed E-state index contributed by atoms with van der Waals surface area (Å²) < 4.78 is 16.9. The Kier molecular flexibility index (Phi) is 8.62. The molecule has 0 saturated carbocycles. The molecule has 1 saturated heterocycles. The van der Waals surface area contributed by atoms with Crippen LogP contribution in [0.1, 0.15) is 45.1 Å². The van der Waals surface area contributed by atoms with Crippen LogP contribution in [-0.4, -0.2) is 62.9 Å².